The highest BCUT2D eigenvalue weighted by Crippen LogP contribution is 2.19. The number of Topliss-reactive ketones (excluding diaryl/α,β-unsaturated/α-hetero) is 1. The van der Waals surface area contributed by atoms with Crippen LogP contribution < -0.4 is 0 Å². The summed E-state index contributed by atoms with van der Waals surface area (Å²) in [4.78, 5) is 17.4. The first-order valence-electron chi connectivity index (χ1n) is 5.29. The molecule has 2 heterocycles. The van der Waals surface area contributed by atoms with Gasteiger partial charge in [-0.25, -0.2) is 4.98 Å². The lowest BCUT2D eigenvalue weighted by Gasteiger charge is -2.07. The molecule has 82 valence electrons. The molecule has 1 saturated heterocycles. The van der Waals surface area contributed by atoms with Crippen molar-refractivity contribution in [2.75, 3.05) is 20.1 Å². The van der Waals surface area contributed by atoms with Crippen molar-refractivity contribution in [2.45, 2.75) is 19.8 Å². The maximum absolute atomic E-state index is 11.0. The minimum Gasteiger partial charge on any atom is -0.438 e. The van der Waals surface area contributed by atoms with Gasteiger partial charge in [0.2, 0.25) is 0 Å². The van der Waals surface area contributed by atoms with Crippen LogP contribution in [0.3, 0.4) is 0 Å². The third-order valence-electron chi connectivity index (χ3n) is 2.85. The van der Waals surface area contributed by atoms with E-state index in [2.05, 4.69) is 16.9 Å². The molecule has 2 rings (SSSR count). The average molecular weight is 208 g/mol. The lowest BCUT2D eigenvalue weighted by molar-refractivity contribution is 0.0985. The molecule has 15 heavy (non-hydrogen) atoms. The van der Waals surface area contributed by atoms with Crippen LogP contribution in [0.5, 0.6) is 0 Å². The van der Waals surface area contributed by atoms with Gasteiger partial charge < -0.3 is 9.32 Å². The molecule has 4 nitrogen and oxygen atoms in total. The Bertz CT molecular complexity index is 359. The number of carbonyl (C=O) groups excluding carboxylic acids is 1. The standard InChI is InChI=1S/C11H16N2O2/c1-8(14)10-6-12-11(15-10)5-9-3-4-13(2)7-9/h6,9H,3-5,7H2,1-2H3. The predicted molar refractivity (Wildman–Crippen MR) is 55.8 cm³/mol. The lowest BCUT2D eigenvalue weighted by atomic mass is 10.1. The van der Waals surface area contributed by atoms with Crippen molar-refractivity contribution in [3.05, 3.63) is 17.8 Å². The van der Waals surface area contributed by atoms with Crippen molar-refractivity contribution in [3.63, 3.8) is 0 Å². The van der Waals surface area contributed by atoms with Gasteiger partial charge in [-0.15, -0.1) is 0 Å². The Morgan fingerprint density at radius 2 is 2.53 bits per heavy atom. The summed E-state index contributed by atoms with van der Waals surface area (Å²) >= 11 is 0. The molecule has 0 amide bonds. The van der Waals surface area contributed by atoms with Crippen molar-refractivity contribution in [1.82, 2.24) is 9.88 Å². The highest BCUT2D eigenvalue weighted by molar-refractivity contribution is 5.90. The van der Waals surface area contributed by atoms with Crippen LogP contribution in [0.4, 0.5) is 0 Å². The summed E-state index contributed by atoms with van der Waals surface area (Å²) in [5.74, 6) is 1.63. The Labute approximate surface area is 89.3 Å². The molecule has 1 unspecified atom stereocenters. The molecular formula is C11H16N2O2. The molecule has 4 heteroatoms. The van der Waals surface area contributed by atoms with E-state index in [0.29, 0.717) is 17.6 Å². The Kier molecular flexibility index (Phi) is 2.86. The van der Waals surface area contributed by atoms with Crippen molar-refractivity contribution in [3.8, 4) is 0 Å². The first-order chi connectivity index (χ1) is 7.15. The van der Waals surface area contributed by atoms with E-state index in [1.165, 1.54) is 19.5 Å². The molecule has 1 fully saturated rings. The third kappa shape index (κ3) is 2.45. The quantitative estimate of drug-likeness (QED) is 0.704. The van der Waals surface area contributed by atoms with Crippen molar-refractivity contribution >= 4 is 5.78 Å². The number of ketones is 1. The van der Waals surface area contributed by atoms with Gasteiger partial charge in [0.05, 0.1) is 6.20 Å². The molecule has 1 aromatic rings. The Morgan fingerprint density at radius 1 is 1.73 bits per heavy atom. The Balaban J connectivity index is 1.96. The largest absolute Gasteiger partial charge is 0.438 e. The van der Waals surface area contributed by atoms with Gasteiger partial charge in [0.25, 0.3) is 0 Å². The first kappa shape index (κ1) is 10.4. The van der Waals surface area contributed by atoms with Crippen LogP contribution in [0.25, 0.3) is 0 Å². The van der Waals surface area contributed by atoms with Crippen LogP contribution in [0.1, 0.15) is 29.8 Å². The summed E-state index contributed by atoms with van der Waals surface area (Å²) < 4.78 is 5.36. The molecule has 0 N–H and O–H groups in total. The van der Waals surface area contributed by atoms with E-state index < -0.39 is 0 Å². The van der Waals surface area contributed by atoms with E-state index in [0.717, 1.165) is 19.5 Å². The molecular weight excluding hydrogens is 192 g/mol. The number of hydrogen-bond donors (Lipinski definition) is 0. The molecule has 0 aromatic carbocycles. The summed E-state index contributed by atoms with van der Waals surface area (Å²) in [6.07, 6.45) is 3.56. The topological polar surface area (TPSA) is 46.3 Å². The zero-order chi connectivity index (χ0) is 10.8. The smallest absolute Gasteiger partial charge is 0.196 e. The summed E-state index contributed by atoms with van der Waals surface area (Å²) in [6, 6.07) is 0. The van der Waals surface area contributed by atoms with E-state index in [1.54, 1.807) is 0 Å². The molecule has 1 atom stereocenters. The molecule has 0 saturated carbocycles. The second-order valence-electron chi connectivity index (χ2n) is 4.30. The monoisotopic (exact) mass is 208 g/mol. The predicted octanol–water partition coefficient (Wildman–Crippen LogP) is 1.37. The van der Waals surface area contributed by atoms with Crippen molar-refractivity contribution in [1.29, 1.82) is 0 Å². The van der Waals surface area contributed by atoms with Gasteiger partial charge in [-0.2, -0.15) is 0 Å². The van der Waals surface area contributed by atoms with Crippen LogP contribution in [-0.2, 0) is 6.42 Å². The van der Waals surface area contributed by atoms with Crippen molar-refractivity contribution < 1.29 is 9.21 Å². The van der Waals surface area contributed by atoms with Crippen LogP contribution >= 0.6 is 0 Å². The Morgan fingerprint density at radius 3 is 3.07 bits per heavy atom. The molecule has 0 bridgehead atoms. The first-order valence-corrected chi connectivity index (χ1v) is 5.29. The van der Waals surface area contributed by atoms with Crippen LogP contribution in [0.15, 0.2) is 10.6 Å². The molecule has 0 aliphatic carbocycles. The van der Waals surface area contributed by atoms with Gasteiger partial charge in [-0.3, -0.25) is 4.79 Å². The highest BCUT2D eigenvalue weighted by atomic mass is 16.4. The van der Waals surface area contributed by atoms with Crippen LogP contribution in [-0.4, -0.2) is 35.8 Å². The fraction of sp³-hybridized carbons (Fsp3) is 0.636. The minimum absolute atomic E-state index is 0.0581. The van der Waals surface area contributed by atoms with E-state index >= 15 is 0 Å². The number of carbonyl (C=O) groups is 1. The average Bonchev–Trinajstić information content (AvgIpc) is 2.76. The van der Waals surface area contributed by atoms with Gasteiger partial charge in [0.15, 0.2) is 17.4 Å². The maximum Gasteiger partial charge on any atom is 0.196 e. The third-order valence-corrected chi connectivity index (χ3v) is 2.85. The lowest BCUT2D eigenvalue weighted by Crippen LogP contribution is -2.15. The van der Waals surface area contributed by atoms with Gasteiger partial charge in [0, 0.05) is 19.9 Å². The number of hydrogen-bond acceptors (Lipinski definition) is 4. The van der Waals surface area contributed by atoms with Gasteiger partial charge >= 0.3 is 0 Å². The fourth-order valence-corrected chi connectivity index (χ4v) is 2.01. The van der Waals surface area contributed by atoms with Crippen molar-refractivity contribution in [2.24, 2.45) is 5.92 Å². The highest BCUT2D eigenvalue weighted by Gasteiger charge is 2.21. The second-order valence-corrected chi connectivity index (χ2v) is 4.30. The number of aromatic nitrogens is 1. The minimum atomic E-state index is -0.0581. The van der Waals surface area contributed by atoms with Gasteiger partial charge in [-0.1, -0.05) is 0 Å². The van der Waals surface area contributed by atoms with Crippen LogP contribution in [0, 0.1) is 5.92 Å². The fourth-order valence-electron chi connectivity index (χ4n) is 2.01. The molecule has 1 aromatic heterocycles. The number of nitrogens with zero attached hydrogens (tertiary/aromatic N) is 2. The molecule has 1 aliphatic rings. The number of rotatable bonds is 3. The molecule has 1 aliphatic heterocycles. The van der Waals surface area contributed by atoms with Crippen LogP contribution in [0.2, 0.25) is 0 Å². The van der Waals surface area contributed by atoms with E-state index in [-0.39, 0.29) is 5.78 Å². The Hall–Kier alpha value is -1.16. The number of likely N-dealkylation sites (tertiary alicyclic amines) is 1. The maximum atomic E-state index is 11.0. The summed E-state index contributed by atoms with van der Waals surface area (Å²) in [7, 11) is 2.12. The molecule has 0 spiro atoms. The normalized spacial score (nSPS) is 22.1. The van der Waals surface area contributed by atoms with E-state index in [1.807, 2.05) is 0 Å². The molecule has 0 radical (unpaired) electrons. The SMILES string of the molecule is CC(=O)c1cnc(CC2CCN(C)C2)o1. The number of oxazole rings is 1. The zero-order valence-corrected chi connectivity index (χ0v) is 9.19. The second kappa shape index (κ2) is 4.14. The van der Waals surface area contributed by atoms with Gasteiger partial charge in [0.1, 0.15) is 0 Å². The van der Waals surface area contributed by atoms with E-state index in [4.69, 9.17) is 4.42 Å². The zero-order valence-electron chi connectivity index (χ0n) is 9.19. The summed E-state index contributed by atoms with van der Waals surface area (Å²) in [6.45, 7) is 3.73. The van der Waals surface area contributed by atoms with E-state index in [9.17, 15) is 4.79 Å². The summed E-state index contributed by atoms with van der Waals surface area (Å²) in [5, 5.41) is 0. The van der Waals surface area contributed by atoms with Gasteiger partial charge in [-0.05, 0) is 25.9 Å². The summed E-state index contributed by atoms with van der Waals surface area (Å²) in [5.41, 5.74) is 0.